The molecular weight excluding hydrogens is 494 g/mol. The van der Waals surface area contributed by atoms with E-state index in [1.54, 1.807) is 24.3 Å². The summed E-state index contributed by atoms with van der Waals surface area (Å²) in [5.41, 5.74) is 0.416. The van der Waals surface area contributed by atoms with Gasteiger partial charge >= 0.3 is 0 Å². The summed E-state index contributed by atoms with van der Waals surface area (Å²) < 4.78 is 61.8. The van der Waals surface area contributed by atoms with E-state index in [0.29, 0.717) is 61.2 Å². The lowest BCUT2D eigenvalue weighted by Crippen LogP contribution is -2.37. The lowest BCUT2D eigenvalue weighted by molar-refractivity contribution is 0.0395. The summed E-state index contributed by atoms with van der Waals surface area (Å²) >= 11 is 0. The monoisotopic (exact) mass is 527 g/mol. The van der Waals surface area contributed by atoms with Crippen LogP contribution in [0.25, 0.3) is 0 Å². The van der Waals surface area contributed by atoms with Crippen LogP contribution in [0.3, 0.4) is 0 Å². The predicted molar refractivity (Wildman–Crippen MR) is 138 cm³/mol. The van der Waals surface area contributed by atoms with Crippen molar-refractivity contribution in [2.75, 3.05) is 61.9 Å². The van der Waals surface area contributed by atoms with Crippen molar-refractivity contribution in [1.29, 1.82) is 0 Å². The molecule has 11 heteroatoms. The summed E-state index contributed by atoms with van der Waals surface area (Å²) in [5, 5.41) is 0. The molecule has 2 aromatic rings. The molecule has 2 atom stereocenters. The van der Waals surface area contributed by atoms with Crippen molar-refractivity contribution in [3.63, 3.8) is 0 Å². The van der Waals surface area contributed by atoms with Crippen LogP contribution in [0.4, 0.5) is 5.69 Å². The second-order valence-electron chi connectivity index (χ2n) is 8.12. The molecular formula is C23H33N3O5S3. The number of sulfonamides is 1. The molecule has 188 valence electrons. The number of hydrogen-bond acceptors (Lipinski definition) is 7. The van der Waals surface area contributed by atoms with Crippen molar-refractivity contribution < 1.29 is 21.6 Å². The minimum atomic E-state index is -3.39. The Morgan fingerprint density at radius 1 is 1.00 bits per heavy atom. The lowest BCUT2D eigenvalue weighted by atomic mass is 10.3. The Labute approximate surface area is 205 Å². The number of anilines is 1. The molecule has 1 fully saturated rings. The SMILES string of the molecule is CS(=O)(=O)Nc1ccc(S(=O)(CCCCS(=O)c2ccccc2)=NCCN2CCOCC2)cc1. The number of benzene rings is 2. The quantitative estimate of drug-likeness (QED) is 0.426. The molecule has 8 nitrogen and oxygen atoms in total. The number of hydrogen-bond donors (Lipinski definition) is 1. The maximum Gasteiger partial charge on any atom is 0.229 e. The summed E-state index contributed by atoms with van der Waals surface area (Å²) in [7, 11) is -7.18. The third kappa shape index (κ3) is 8.77. The van der Waals surface area contributed by atoms with Crippen LogP contribution in [-0.4, -0.2) is 78.9 Å². The van der Waals surface area contributed by atoms with Crippen LogP contribution >= 0.6 is 0 Å². The van der Waals surface area contributed by atoms with Gasteiger partial charge in [0.1, 0.15) is 0 Å². The Morgan fingerprint density at radius 2 is 1.68 bits per heavy atom. The summed E-state index contributed by atoms with van der Waals surface area (Å²) in [6, 6.07) is 15.9. The van der Waals surface area contributed by atoms with Gasteiger partial charge in [0, 0.05) is 46.6 Å². The van der Waals surface area contributed by atoms with E-state index < -0.39 is 30.6 Å². The van der Waals surface area contributed by atoms with Gasteiger partial charge in [0.2, 0.25) is 10.0 Å². The van der Waals surface area contributed by atoms with E-state index in [4.69, 9.17) is 4.74 Å². The van der Waals surface area contributed by atoms with Crippen LogP contribution < -0.4 is 4.72 Å². The van der Waals surface area contributed by atoms with Crippen molar-refractivity contribution >= 4 is 36.2 Å². The lowest BCUT2D eigenvalue weighted by Gasteiger charge is -2.25. The van der Waals surface area contributed by atoms with Crippen molar-refractivity contribution in [3.8, 4) is 0 Å². The zero-order valence-corrected chi connectivity index (χ0v) is 21.9. The van der Waals surface area contributed by atoms with E-state index >= 15 is 0 Å². The second kappa shape index (κ2) is 12.8. The van der Waals surface area contributed by atoms with Gasteiger partial charge in [-0.2, -0.15) is 0 Å². The largest absolute Gasteiger partial charge is 0.379 e. The van der Waals surface area contributed by atoms with Crippen molar-refractivity contribution in [2.45, 2.75) is 22.6 Å². The van der Waals surface area contributed by atoms with Crippen LogP contribution in [-0.2, 0) is 35.3 Å². The first kappa shape index (κ1) is 26.8. The maximum absolute atomic E-state index is 13.9. The third-order valence-electron chi connectivity index (χ3n) is 5.35. The van der Waals surface area contributed by atoms with Gasteiger partial charge in [-0.15, -0.1) is 0 Å². The van der Waals surface area contributed by atoms with Crippen molar-refractivity contribution in [2.24, 2.45) is 4.36 Å². The Kier molecular flexibility index (Phi) is 10.1. The van der Waals surface area contributed by atoms with E-state index in [1.165, 1.54) is 0 Å². The smallest absolute Gasteiger partial charge is 0.229 e. The van der Waals surface area contributed by atoms with Gasteiger partial charge in [-0.1, -0.05) is 18.2 Å². The number of unbranched alkanes of at least 4 members (excludes halogenated alkanes) is 1. The zero-order valence-electron chi connectivity index (χ0n) is 19.4. The Bertz CT molecular complexity index is 1160. The molecule has 0 saturated carbocycles. The molecule has 2 aromatic carbocycles. The second-order valence-corrected chi connectivity index (χ2v) is 13.9. The molecule has 0 radical (unpaired) electrons. The van der Waals surface area contributed by atoms with Crippen LogP contribution in [0.15, 0.2) is 68.8 Å². The molecule has 1 N–H and O–H groups in total. The molecule has 0 amide bonds. The van der Waals surface area contributed by atoms with Gasteiger partial charge in [0.05, 0.1) is 46.5 Å². The first-order valence-electron chi connectivity index (χ1n) is 11.3. The van der Waals surface area contributed by atoms with E-state index in [0.717, 1.165) is 24.2 Å². The fraction of sp³-hybridized carbons (Fsp3) is 0.478. The van der Waals surface area contributed by atoms with Crippen LogP contribution in [0.2, 0.25) is 0 Å². The van der Waals surface area contributed by atoms with E-state index in [-0.39, 0.29) is 0 Å². The van der Waals surface area contributed by atoms with Gasteiger partial charge in [-0.05, 0) is 49.2 Å². The molecule has 1 aliphatic heterocycles. The highest BCUT2D eigenvalue weighted by molar-refractivity contribution is 7.93. The highest BCUT2D eigenvalue weighted by Gasteiger charge is 2.15. The first-order valence-corrected chi connectivity index (χ1v) is 16.2. The summed E-state index contributed by atoms with van der Waals surface area (Å²) in [6.07, 6.45) is 2.39. The van der Waals surface area contributed by atoms with Crippen molar-refractivity contribution in [3.05, 3.63) is 54.6 Å². The molecule has 0 aromatic heterocycles. The average Bonchev–Trinajstić information content (AvgIpc) is 2.82. The molecule has 1 saturated heterocycles. The first-order chi connectivity index (χ1) is 16.3. The summed E-state index contributed by atoms with van der Waals surface area (Å²) in [4.78, 5) is 3.62. The molecule has 0 bridgehead atoms. The van der Waals surface area contributed by atoms with E-state index in [9.17, 15) is 16.8 Å². The Balaban J connectivity index is 1.67. The number of nitrogens with zero attached hydrogens (tertiary/aromatic N) is 2. The Morgan fingerprint density at radius 3 is 2.32 bits per heavy atom. The molecule has 1 aliphatic rings. The van der Waals surface area contributed by atoms with Crippen LogP contribution in [0.1, 0.15) is 12.8 Å². The maximum atomic E-state index is 13.9. The summed E-state index contributed by atoms with van der Waals surface area (Å²) in [5.74, 6) is 0.867. The molecule has 3 rings (SSSR count). The fourth-order valence-electron chi connectivity index (χ4n) is 3.58. The molecule has 34 heavy (non-hydrogen) atoms. The third-order valence-corrected chi connectivity index (χ3v) is 9.87. The van der Waals surface area contributed by atoms with Gasteiger partial charge < -0.3 is 4.74 Å². The highest BCUT2D eigenvalue weighted by atomic mass is 32.2. The highest BCUT2D eigenvalue weighted by Crippen LogP contribution is 2.20. The zero-order chi connectivity index (χ0) is 24.4. The van der Waals surface area contributed by atoms with Gasteiger partial charge in [-0.3, -0.25) is 13.8 Å². The predicted octanol–water partition coefficient (Wildman–Crippen LogP) is 2.81. The minimum absolute atomic E-state index is 0.362. The summed E-state index contributed by atoms with van der Waals surface area (Å²) in [6.45, 7) is 4.23. The van der Waals surface area contributed by atoms with E-state index in [1.807, 2.05) is 30.3 Å². The van der Waals surface area contributed by atoms with E-state index in [2.05, 4.69) is 14.0 Å². The Hall–Kier alpha value is -1.79. The van der Waals surface area contributed by atoms with Gasteiger partial charge in [0.15, 0.2) is 0 Å². The van der Waals surface area contributed by atoms with Gasteiger partial charge in [0.25, 0.3) is 0 Å². The minimum Gasteiger partial charge on any atom is -0.379 e. The van der Waals surface area contributed by atoms with Crippen molar-refractivity contribution in [1.82, 2.24) is 4.90 Å². The normalized spacial score (nSPS) is 17.6. The number of ether oxygens (including phenoxy) is 1. The fourth-order valence-corrected chi connectivity index (χ4v) is 7.36. The van der Waals surface area contributed by atoms with Crippen LogP contribution in [0.5, 0.6) is 0 Å². The van der Waals surface area contributed by atoms with Crippen LogP contribution in [0, 0.1) is 0 Å². The molecule has 0 aliphatic carbocycles. The van der Waals surface area contributed by atoms with Gasteiger partial charge in [-0.25, -0.2) is 17.0 Å². The standard InChI is InChI=1S/C23H33N3O5S3/c1-33(28,29)25-21-9-11-23(12-10-21)34(30,24-13-14-26-15-17-31-18-16-26)20-6-5-19-32(27)22-7-3-2-4-8-22/h2-4,7-12,25H,5-6,13-20H2,1H3. The topological polar surface area (TPSA) is 105 Å². The number of rotatable bonds is 12. The number of nitrogens with one attached hydrogen (secondary N) is 1. The molecule has 0 spiro atoms. The number of morpholine rings is 1. The average molecular weight is 528 g/mol. The molecule has 1 heterocycles. The molecule has 2 unspecified atom stereocenters.